The van der Waals surface area contributed by atoms with E-state index in [0.717, 1.165) is 24.8 Å². The number of carbonyl (C=O) groups is 3. The molecule has 31 heavy (non-hydrogen) atoms. The molecule has 3 N–H and O–H groups in total. The van der Waals surface area contributed by atoms with Crippen molar-refractivity contribution in [2.24, 2.45) is 5.92 Å². The Bertz CT molecular complexity index is 735. The predicted octanol–water partition coefficient (Wildman–Crippen LogP) is 2.28. The molecule has 2 rings (SSSR count). The molecule has 170 valence electrons. The van der Waals surface area contributed by atoms with E-state index in [1.165, 1.54) is 0 Å². The van der Waals surface area contributed by atoms with Crippen molar-refractivity contribution < 1.29 is 24.2 Å². The molecule has 3 atom stereocenters. The summed E-state index contributed by atoms with van der Waals surface area (Å²) in [6, 6.07) is 8.88. The minimum atomic E-state index is -0.534. The van der Waals surface area contributed by atoms with E-state index in [-0.39, 0.29) is 43.5 Å². The molecule has 0 fully saturated rings. The average Bonchev–Trinajstić information content (AvgIpc) is 2.75. The molecule has 1 aliphatic heterocycles. The molecule has 0 aliphatic carbocycles. The van der Waals surface area contributed by atoms with Gasteiger partial charge < -0.3 is 20.5 Å². The second-order valence-corrected chi connectivity index (χ2v) is 8.08. The van der Waals surface area contributed by atoms with Crippen molar-refractivity contribution in [2.45, 2.75) is 64.0 Å². The number of amides is 2. The fourth-order valence-corrected chi connectivity index (χ4v) is 3.46. The highest BCUT2D eigenvalue weighted by Crippen LogP contribution is 2.13. The van der Waals surface area contributed by atoms with E-state index >= 15 is 0 Å². The number of ether oxygens (including phenoxy) is 1. The molecule has 0 aromatic heterocycles. The van der Waals surface area contributed by atoms with Crippen LogP contribution in [0.1, 0.15) is 51.0 Å². The van der Waals surface area contributed by atoms with Gasteiger partial charge in [0, 0.05) is 12.8 Å². The summed E-state index contributed by atoms with van der Waals surface area (Å²) < 4.78 is 5.21. The van der Waals surface area contributed by atoms with Crippen LogP contribution in [-0.4, -0.2) is 48.2 Å². The number of nitrogens with one attached hydrogen (secondary N) is 2. The van der Waals surface area contributed by atoms with Gasteiger partial charge in [0.1, 0.15) is 6.61 Å². The fraction of sp³-hybridized carbons (Fsp3) is 0.542. The zero-order valence-corrected chi connectivity index (χ0v) is 18.2. The molecular formula is C24H34N2O5. The molecule has 1 heterocycles. The van der Waals surface area contributed by atoms with Crippen LogP contribution in [0.2, 0.25) is 0 Å². The SMILES string of the molecule is C[C@H]1COC(=O)CCCCC=CC[C@H](CC(=O)N[C@H](CO)Cc2ccccc2)C(=O)N1. The van der Waals surface area contributed by atoms with E-state index < -0.39 is 12.0 Å². The number of esters is 1. The second kappa shape index (κ2) is 13.6. The summed E-state index contributed by atoms with van der Waals surface area (Å²) in [6.07, 6.45) is 7.74. The van der Waals surface area contributed by atoms with Gasteiger partial charge >= 0.3 is 5.97 Å². The van der Waals surface area contributed by atoms with Gasteiger partial charge in [-0.2, -0.15) is 0 Å². The number of carbonyl (C=O) groups excluding carboxylic acids is 3. The smallest absolute Gasteiger partial charge is 0.305 e. The Kier molecular flexibility index (Phi) is 10.8. The maximum absolute atomic E-state index is 12.7. The maximum Gasteiger partial charge on any atom is 0.305 e. The van der Waals surface area contributed by atoms with Crippen LogP contribution in [0.4, 0.5) is 0 Å². The van der Waals surface area contributed by atoms with Crippen LogP contribution in [0.5, 0.6) is 0 Å². The monoisotopic (exact) mass is 430 g/mol. The first kappa shape index (κ1) is 24.6. The zero-order chi connectivity index (χ0) is 22.5. The molecule has 2 amide bonds. The lowest BCUT2D eigenvalue weighted by Gasteiger charge is -2.21. The normalized spacial score (nSPS) is 22.0. The lowest BCUT2D eigenvalue weighted by Crippen LogP contribution is -2.44. The Balaban J connectivity index is 1.96. The van der Waals surface area contributed by atoms with E-state index in [4.69, 9.17) is 4.74 Å². The zero-order valence-electron chi connectivity index (χ0n) is 18.2. The van der Waals surface area contributed by atoms with Gasteiger partial charge in [-0.05, 0) is 44.6 Å². The number of aliphatic hydroxyl groups excluding tert-OH is 1. The van der Waals surface area contributed by atoms with Gasteiger partial charge in [0.2, 0.25) is 11.8 Å². The summed E-state index contributed by atoms with van der Waals surface area (Å²) >= 11 is 0. The third-order valence-corrected chi connectivity index (χ3v) is 5.18. The van der Waals surface area contributed by atoms with Crippen molar-refractivity contribution in [3.63, 3.8) is 0 Å². The van der Waals surface area contributed by atoms with Crippen molar-refractivity contribution in [2.75, 3.05) is 13.2 Å². The van der Waals surface area contributed by atoms with Crippen LogP contribution < -0.4 is 10.6 Å². The number of hydrogen-bond acceptors (Lipinski definition) is 5. The number of hydrogen-bond donors (Lipinski definition) is 3. The number of rotatable bonds is 6. The molecule has 0 spiro atoms. The first-order valence-electron chi connectivity index (χ1n) is 11.0. The summed E-state index contributed by atoms with van der Waals surface area (Å²) in [5.41, 5.74) is 1.02. The number of benzene rings is 1. The molecule has 0 saturated carbocycles. The van der Waals surface area contributed by atoms with Crippen LogP contribution in [0.3, 0.4) is 0 Å². The highest BCUT2D eigenvalue weighted by atomic mass is 16.5. The third kappa shape index (κ3) is 9.79. The van der Waals surface area contributed by atoms with Gasteiger partial charge in [0.05, 0.1) is 24.6 Å². The van der Waals surface area contributed by atoms with Crippen LogP contribution in [0.15, 0.2) is 42.5 Å². The van der Waals surface area contributed by atoms with Gasteiger partial charge in [-0.25, -0.2) is 0 Å². The molecule has 0 saturated heterocycles. The van der Waals surface area contributed by atoms with Crippen molar-refractivity contribution in [1.29, 1.82) is 0 Å². The van der Waals surface area contributed by atoms with Gasteiger partial charge in [-0.3, -0.25) is 14.4 Å². The summed E-state index contributed by atoms with van der Waals surface area (Å²) in [6.45, 7) is 1.70. The molecule has 1 aromatic rings. The Labute approximate surface area is 184 Å². The fourth-order valence-electron chi connectivity index (χ4n) is 3.46. The minimum absolute atomic E-state index is 0.0218. The summed E-state index contributed by atoms with van der Waals surface area (Å²) in [5, 5.41) is 15.3. The lowest BCUT2D eigenvalue weighted by atomic mass is 9.98. The quantitative estimate of drug-likeness (QED) is 0.474. The predicted molar refractivity (Wildman–Crippen MR) is 118 cm³/mol. The first-order valence-corrected chi connectivity index (χ1v) is 11.0. The van der Waals surface area contributed by atoms with Crippen molar-refractivity contribution in [3.05, 3.63) is 48.0 Å². The highest BCUT2D eigenvalue weighted by molar-refractivity contribution is 5.86. The molecule has 0 bridgehead atoms. The number of cyclic esters (lactones) is 1. The van der Waals surface area contributed by atoms with Gasteiger partial charge in [-0.15, -0.1) is 0 Å². The van der Waals surface area contributed by atoms with Crippen molar-refractivity contribution >= 4 is 17.8 Å². The van der Waals surface area contributed by atoms with E-state index in [2.05, 4.69) is 10.6 Å². The largest absolute Gasteiger partial charge is 0.464 e. The number of allylic oxidation sites excluding steroid dienone is 2. The third-order valence-electron chi connectivity index (χ3n) is 5.18. The molecule has 0 unspecified atom stereocenters. The van der Waals surface area contributed by atoms with Crippen LogP contribution in [0.25, 0.3) is 0 Å². The van der Waals surface area contributed by atoms with E-state index in [1.54, 1.807) is 6.92 Å². The number of aliphatic hydroxyl groups is 1. The van der Waals surface area contributed by atoms with E-state index in [9.17, 15) is 19.5 Å². The Hall–Kier alpha value is -2.67. The van der Waals surface area contributed by atoms with Crippen molar-refractivity contribution in [3.8, 4) is 0 Å². The van der Waals surface area contributed by atoms with Crippen LogP contribution in [0, 0.1) is 5.92 Å². The van der Waals surface area contributed by atoms with Crippen LogP contribution in [-0.2, 0) is 25.5 Å². The first-order chi connectivity index (χ1) is 15.0. The maximum atomic E-state index is 12.7. The summed E-state index contributed by atoms with van der Waals surface area (Å²) in [7, 11) is 0. The minimum Gasteiger partial charge on any atom is -0.464 e. The molecular weight excluding hydrogens is 396 g/mol. The molecule has 1 aliphatic rings. The van der Waals surface area contributed by atoms with Crippen LogP contribution >= 0.6 is 0 Å². The van der Waals surface area contributed by atoms with Gasteiger partial charge in [0.25, 0.3) is 0 Å². The second-order valence-electron chi connectivity index (χ2n) is 8.08. The highest BCUT2D eigenvalue weighted by Gasteiger charge is 2.24. The summed E-state index contributed by atoms with van der Waals surface area (Å²) in [5.74, 6) is -1.31. The standard InChI is InChI=1S/C24H34N2O5/c1-18-17-31-23(29)13-9-4-2-3-8-12-20(24(30)25-18)15-22(28)26-21(16-27)14-19-10-6-5-7-11-19/h3,5-8,10-11,18,20-21,27H,2,4,9,12-17H2,1H3,(H,25,30)(H,26,28)/t18-,20+,21-/m0/s1. The molecule has 7 heteroatoms. The topological polar surface area (TPSA) is 105 Å². The van der Waals surface area contributed by atoms with Gasteiger partial charge in [-0.1, -0.05) is 42.5 Å². The van der Waals surface area contributed by atoms with Gasteiger partial charge in [0.15, 0.2) is 0 Å². The average molecular weight is 431 g/mol. The van der Waals surface area contributed by atoms with Crippen molar-refractivity contribution in [1.82, 2.24) is 10.6 Å². The Morgan fingerprint density at radius 1 is 1.23 bits per heavy atom. The summed E-state index contributed by atoms with van der Waals surface area (Å²) in [4.78, 5) is 37.1. The Morgan fingerprint density at radius 3 is 2.74 bits per heavy atom. The molecule has 1 aromatic carbocycles. The molecule has 0 radical (unpaired) electrons. The molecule has 7 nitrogen and oxygen atoms in total. The van der Waals surface area contributed by atoms with E-state index in [1.807, 2.05) is 42.5 Å². The lowest BCUT2D eigenvalue weighted by molar-refractivity contribution is -0.145. The Morgan fingerprint density at radius 2 is 2.00 bits per heavy atom. The van der Waals surface area contributed by atoms with E-state index in [0.29, 0.717) is 19.3 Å².